The van der Waals surface area contributed by atoms with E-state index in [-0.39, 0.29) is 21.8 Å². The average Bonchev–Trinajstić information content (AvgIpc) is 2.62. The molecule has 1 aliphatic heterocycles. The molecule has 0 spiro atoms. The predicted molar refractivity (Wildman–Crippen MR) is 102 cm³/mol. The summed E-state index contributed by atoms with van der Waals surface area (Å²) in [7, 11) is -1.68. The smallest absolute Gasteiger partial charge is 0.181 e. The van der Waals surface area contributed by atoms with E-state index in [1.165, 1.54) is 12.1 Å². The van der Waals surface area contributed by atoms with Crippen LogP contribution in [0.5, 0.6) is 11.5 Å². The van der Waals surface area contributed by atoms with Crippen molar-refractivity contribution >= 4 is 33.0 Å². The van der Waals surface area contributed by atoms with Crippen molar-refractivity contribution in [2.24, 2.45) is 0 Å². The number of rotatable bonds is 6. The van der Waals surface area contributed by atoms with Gasteiger partial charge in [0.25, 0.3) is 0 Å². The number of halogens is 2. The summed E-state index contributed by atoms with van der Waals surface area (Å²) in [5.41, 5.74) is 0. The monoisotopic (exact) mass is 415 g/mol. The van der Waals surface area contributed by atoms with E-state index in [0.29, 0.717) is 30.5 Å². The van der Waals surface area contributed by atoms with Crippen LogP contribution in [0.1, 0.15) is 0 Å². The maximum atomic E-state index is 12.5. The molecular formula is C18H19Cl2NO4S. The molecule has 1 unspecified atom stereocenters. The number of benzene rings is 2. The lowest BCUT2D eigenvalue weighted by Gasteiger charge is -2.29. The zero-order chi connectivity index (χ0) is 18.7. The second-order valence-corrected chi connectivity index (χ2v) is 9.07. The Hall–Kier alpha value is -1.47. The maximum absolute atomic E-state index is 12.5. The molecule has 26 heavy (non-hydrogen) atoms. The first-order valence-electron chi connectivity index (χ1n) is 8.10. The fraction of sp³-hybridized carbons (Fsp3) is 0.333. The second-order valence-electron chi connectivity index (χ2n) is 6.15. The molecule has 0 saturated carbocycles. The molecule has 0 amide bonds. The molecule has 2 aromatic rings. The highest BCUT2D eigenvalue weighted by Gasteiger charge is 2.24. The molecule has 3 rings (SSSR count). The van der Waals surface area contributed by atoms with Crippen LogP contribution in [0, 0.1) is 0 Å². The quantitative estimate of drug-likeness (QED) is 0.721. The van der Waals surface area contributed by atoms with Gasteiger partial charge >= 0.3 is 0 Å². The molecule has 5 nitrogen and oxygen atoms in total. The van der Waals surface area contributed by atoms with Gasteiger partial charge in [0.1, 0.15) is 12.7 Å². The highest BCUT2D eigenvalue weighted by Crippen LogP contribution is 2.31. The van der Waals surface area contributed by atoms with E-state index in [2.05, 4.69) is 0 Å². The van der Waals surface area contributed by atoms with Gasteiger partial charge in [-0.3, -0.25) is 0 Å². The van der Waals surface area contributed by atoms with Gasteiger partial charge < -0.3 is 14.4 Å². The highest BCUT2D eigenvalue weighted by atomic mass is 35.5. The molecule has 0 aliphatic carbocycles. The number of likely N-dealkylation sites (N-methyl/N-ethyl adjacent to an activating group) is 1. The number of para-hydroxylation sites is 2. The summed E-state index contributed by atoms with van der Waals surface area (Å²) >= 11 is 11.9. The van der Waals surface area contributed by atoms with Crippen LogP contribution >= 0.6 is 23.2 Å². The summed E-state index contributed by atoms with van der Waals surface area (Å²) in [6.07, 6.45) is -0.160. The van der Waals surface area contributed by atoms with Crippen LogP contribution < -0.4 is 9.47 Å². The third kappa shape index (κ3) is 4.62. The van der Waals surface area contributed by atoms with E-state index < -0.39 is 9.84 Å². The summed E-state index contributed by atoms with van der Waals surface area (Å²) in [5, 5.41) is 0.519. The lowest BCUT2D eigenvalue weighted by atomic mass is 10.2. The maximum Gasteiger partial charge on any atom is 0.181 e. The van der Waals surface area contributed by atoms with E-state index in [0.717, 1.165) is 5.75 Å². The molecule has 1 heterocycles. The van der Waals surface area contributed by atoms with Crippen molar-refractivity contribution in [2.75, 3.05) is 32.5 Å². The third-order valence-electron chi connectivity index (χ3n) is 4.05. The third-order valence-corrected chi connectivity index (χ3v) is 6.46. The van der Waals surface area contributed by atoms with Crippen molar-refractivity contribution in [3.05, 3.63) is 52.5 Å². The molecule has 0 radical (unpaired) electrons. The summed E-state index contributed by atoms with van der Waals surface area (Å²) < 4.78 is 36.7. The Morgan fingerprint density at radius 3 is 2.65 bits per heavy atom. The van der Waals surface area contributed by atoms with Gasteiger partial charge in [0.2, 0.25) is 0 Å². The first kappa shape index (κ1) is 19.3. The van der Waals surface area contributed by atoms with Crippen LogP contribution in [0.3, 0.4) is 0 Å². The molecule has 0 saturated heterocycles. The fourth-order valence-electron chi connectivity index (χ4n) is 2.69. The van der Waals surface area contributed by atoms with Gasteiger partial charge in [-0.1, -0.05) is 35.3 Å². The zero-order valence-electron chi connectivity index (χ0n) is 14.2. The second kappa shape index (κ2) is 8.05. The Morgan fingerprint density at radius 2 is 1.88 bits per heavy atom. The molecule has 1 atom stereocenters. The predicted octanol–water partition coefficient (Wildman–Crippen LogP) is 3.54. The van der Waals surface area contributed by atoms with Crippen LogP contribution in [-0.2, 0) is 9.84 Å². The molecule has 2 aromatic carbocycles. The zero-order valence-corrected chi connectivity index (χ0v) is 16.5. The Morgan fingerprint density at radius 1 is 1.15 bits per heavy atom. The number of hydrogen-bond donors (Lipinski definition) is 0. The van der Waals surface area contributed by atoms with E-state index in [1.54, 1.807) is 6.07 Å². The lowest BCUT2D eigenvalue weighted by Crippen LogP contribution is -2.40. The van der Waals surface area contributed by atoms with Gasteiger partial charge in [0.05, 0.1) is 15.7 Å². The summed E-state index contributed by atoms with van der Waals surface area (Å²) in [6, 6.07) is 11.9. The number of ether oxygens (including phenoxy) is 2. The van der Waals surface area contributed by atoms with Crippen LogP contribution in [0.15, 0.2) is 47.4 Å². The highest BCUT2D eigenvalue weighted by molar-refractivity contribution is 7.91. The molecule has 140 valence electrons. The normalized spacial score (nSPS) is 16.7. The first-order valence-corrected chi connectivity index (χ1v) is 10.5. The SMILES string of the molecule is CN(CCS(=O)(=O)c1cc(Cl)ccc1Cl)CC1COc2ccccc2O1. The van der Waals surface area contributed by atoms with Crippen LogP contribution in [0.2, 0.25) is 10.0 Å². The van der Waals surface area contributed by atoms with Crippen molar-refractivity contribution in [1.82, 2.24) is 4.90 Å². The largest absolute Gasteiger partial charge is 0.486 e. The average molecular weight is 416 g/mol. The Kier molecular flexibility index (Phi) is 5.97. The van der Waals surface area contributed by atoms with Crippen LogP contribution in [0.4, 0.5) is 0 Å². The van der Waals surface area contributed by atoms with E-state index in [4.69, 9.17) is 32.7 Å². The number of sulfone groups is 1. The molecule has 0 fully saturated rings. The van der Waals surface area contributed by atoms with Crippen molar-refractivity contribution in [1.29, 1.82) is 0 Å². The summed E-state index contributed by atoms with van der Waals surface area (Å²) in [4.78, 5) is 1.96. The van der Waals surface area contributed by atoms with Gasteiger partial charge in [0, 0.05) is 18.1 Å². The molecule has 8 heteroatoms. The minimum Gasteiger partial charge on any atom is -0.486 e. The Labute approximate surface area is 163 Å². The van der Waals surface area contributed by atoms with Crippen molar-refractivity contribution in [3.8, 4) is 11.5 Å². The Bertz CT molecular complexity index is 889. The minimum atomic E-state index is -3.53. The minimum absolute atomic E-state index is 0.0613. The first-order chi connectivity index (χ1) is 12.3. The molecule has 0 N–H and O–H groups in total. The van der Waals surface area contributed by atoms with Gasteiger partial charge in [0.15, 0.2) is 21.3 Å². The standard InChI is InChI=1S/C18H19Cl2NO4S/c1-21(11-14-12-24-16-4-2-3-5-17(16)25-14)8-9-26(22,23)18-10-13(19)6-7-15(18)20/h2-7,10,14H,8-9,11-12H2,1H3. The fourth-order valence-corrected chi connectivity index (χ4v) is 4.84. The van der Waals surface area contributed by atoms with Crippen molar-refractivity contribution < 1.29 is 17.9 Å². The van der Waals surface area contributed by atoms with Crippen LogP contribution in [0.25, 0.3) is 0 Å². The molecule has 1 aliphatic rings. The van der Waals surface area contributed by atoms with Crippen molar-refractivity contribution in [3.63, 3.8) is 0 Å². The van der Waals surface area contributed by atoms with E-state index in [9.17, 15) is 8.42 Å². The lowest BCUT2D eigenvalue weighted by molar-refractivity contribution is 0.0669. The summed E-state index contributed by atoms with van der Waals surface area (Å²) in [6.45, 7) is 1.31. The van der Waals surface area contributed by atoms with Crippen molar-refractivity contribution in [2.45, 2.75) is 11.0 Å². The van der Waals surface area contributed by atoms with Gasteiger partial charge in [-0.25, -0.2) is 8.42 Å². The van der Waals surface area contributed by atoms with Gasteiger partial charge in [-0.05, 0) is 37.4 Å². The van der Waals surface area contributed by atoms with E-state index in [1.807, 2.05) is 36.2 Å². The topological polar surface area (TPSA) is 55.8 Å². The van der Waals surface area contributed by atoms with Gasteiger partial charge in [-0.15, -0.1) is 0 Å². The summed E-state index contributed by atoms with van der Waals surface area (Å²) in [5.74, 6) is 1.37. The Balaban J connectivity index is 1.57. The molecular weight excluding hydrogens is 397 g/mol. The number of hydrogen-bond acceptors (Lipinski definition) is 5. The molecule has 0 aromatic heterocycles. The van der Waals surface area contributed by atoms with Crippen LogP contribution in [-0.4, -0.2) is 51.9 Å². The van der Waals surface area contributed by atoms with Gasteiger partial charge in [-0.2, -0.15) is 0 Å². The number of nitrogens with zero attached hydrogens (tertiary/aromatic N) is 1. The number of fused-ring (bicyclic) bond motifs is 1. The van der Waals surface area contributed by atoms with E-state index >= 15 is 0 Å². The molecule has 0 bridgehead atoms.